The molecule has 21 heavy (non-hydrogen) atoms. The van der Waals surface area contributed by atoms with Crippen LogP contribution in [0, 0.1) is 0 Å². The van der Waals surface area contributed by atoms with Crippen LogP contribution >= 0.6 is 0 Å². The third-order valence-electron chi connectivity index (χ3n) is 4.10. The molecule has 7 heteroatoms. The van der Waals surface area contributed by atoms with Gasteiger partial charge >= 0.3 is 5.69 Å². The van der Waals surface area contributed by atoms with Gasteiger partial charge in [-0.15, -0.1) is 0 Å². The Labute approximate surface area is 123 Å². The average Bonchev–Trinajstić information content (AvgIpc) is 2.43. The molecule has 0 amide bonds. The maximum absolute atomic E-state index is 12.2. The summed E-state index contributed by atoms with van der Waals surface area (Å²) in [5.41, 5.74) is 5.64. The molecule has 0 saturated heterocycles. The number of nitrogens with one attached hydrogen (secondary N) is 1. The highest BCUT2D eigenvalue weighted by atomic mass is 16.5. The van der Waals surface area contributed by atoms with Crippen molar-refractivity contribution in [2.75, 3.05) is 18.2 Å². The van der Waals surface area contributed by atoms with Crippen molar-refractivity contribution >= 4 is 11.5 Å². The van der Waals surface area contributed by atoms with E-state index < -0.39 is 0 Å². The van der Waals surface area contributed by atoms with Crippen LogP contribution in [0.1, 0.15) is 32.6 Å². The van der Waals surface area contributed by atoms with Crippen LogP contribution in [0.5, 0.6) is 0 Å². The summed E-state index contributed by atoms with van der Waals surface area (Å²) < 4.78 is 7.81. The van der Waals surface area contributed by atoms with Crippen molar-refractivity contribution in [3.8, 4) is 0 Å². The van der Waals surface area contributed by atoms with Crippen molar-refractivity contribution in [3.63, 3.8) is 0 Å². The number of ether oxygens (including phenoxy) is 1. The number of hydrogen-bond acceptors (Lipinski definition) is 5. The Morgan fingerprint density at radius 2 is 2.05 bits per heavy atom. The molecule has 118 valence electrons. The van der Waals surface area contributed by atoms with Gasteiger partial charge < -0.3 is 15.8 Å². The molecule has 1 aliphatic carbocycles. The molecule has 1 aliphatic rings. The minimum atomic E-state index is -0.369. The molecule has 0 radical (unpaired) electrons. The number of hydrogen-bond donors (Lipinski definition) is 2. The van der Waals surface area contributed by atoms with E-state index in [2.05, 4.69) is 5.32 Å². The number of rotatable bonds is 6. The first-order chi connectivity index (χ1) is 9.99. The number of nitrogen functional groups attached to an aromatic ring is 1. The van der Waals surface area contributed by atoms with Gasteiger partial charge in [-0.25, -0.2) is 4.79 Å². The van der Waals surface area contributed by atoms with Crippen LogP contribution in [0.2, 0.25) is 0 Å². The molecule has 0 aliphatic heterocycles. The molecule has 3 N–H and O–H groups in total. The number of nitrogens with zero attached hydrogens (tertiary/aromatic N) is 2. The second kappa shape index (κ2) is 6.34. The quantitative estimate of drug-likeness (QED) is 0.798. The molecule has 2 rings (SSSR count). The smallest absolute Gasteiger partial charge is 0.332 e. The van der Waals surface area contributed by atoms with Gasteiger partial charge in [-0.3, -0.25) is 13.9 Å². The average molecular weight is 296 g/mol. The van der Waals surface area contributed by atoms with Gasteiger partial charge in [0.15, 0.2) is 0 Å². The van der Waals surface area contributed by atoms with Crippen LogP contribution in [-0.2, 0) is 18.3 Å². The first kappa shape index (κ1) is 15.6. The van der Waals surface area contributed by atoms with Gasteiger partial charge in [-0.2, -0.15) is 0 Å². The lowest BCUT2D eigenvalue weighted by Gasteiger charge is -2.35. The second-order valence-electron chi connectivity index (χ2n) is 5.58. The molecule has 0 unspecified atom stereocenters. The number of aromatic nitrogens is 2. The first-order valence-corrected chi connectivity index (χ1v) is 7.38. The molecule has 0 atom stereocenters. The largest absolute Gasteiger partial charge is 0.383 e. The summed E-state index contributed by atoms with van der Waals surface area (Å²) in [6.45, 7) is 2.57. The molecule has 1 aromatic heterocycles. The predicted octanol–water partition coefficient (Wildman–Crippen LogP) is 0.519. The van der Waals surface area contributed by atoms with Gasteiger partial charge in [0.05, 0.1) is 6.10 Å². The third-order valence-corrected chi connectivity index (χ3v) is 4.10. The Hall–Kier alpha value is -1.76. The van der Waals surface area contributed by atoms with E-state index in [9.17, 15) is 9.59 Å². The Balaban J connectivity index is 2.30. The van der Waals surface area contributed by atoms with E-state index in [1.807, 2.05) is 6.92 Å². The van der Waals surface area contributed by atoms with Crippen LogP contribution in [0.3, 0.4) is 0 Å². The van der Waals surface area contributed by atoms with Gasteiger partial charge in [0.1, 0.15) is 11.5 Å². The number of nitrogens with two attached hydrogens (primary N) is 1. The molecular formula is C14H24N4O3. The summed E-state index contributed by atoms with van der Waals surface area (Å²) in [7, 11) is 3.16. The van der Waals surface area contributed by atoms with E-state index in [-0.39, 0.29) is 29.2 Å². The SMILES string of the molecule is CCCCn1c(N)c(NC2CC(OC)C2)c(=O)n(C)c1=O. The molecular weight excluding hydrogens is 272 g/mol. The van der Waals surface area contributed by atoms with Gasteiger partial charge in [0.25, 0.3) is 5.56 Å². The van der Waals surface area contributed by atoms with Crippen LogP contribution in [0.25, 0.3) is 0 Å². The van der Waals surface area contributed by atoms with E-state index in [4.69, 9.17) is 10.5 Å². The van der Waals surface area contributed by atoms with Crippen molar-refractivity contribution in [1.29, 1.82) is 0 Å². The maximum atomic E-state index is 12.2. The van der Waals surface area contributed by atoms with Crippen molar-refractivity contribution < 1.29 is 4.74 Å². The zero-order valence-corrected chi connectivity index (χ0v) is 12.9. The second-order valence-corrected chi connectivity index (χ2v) is 5.58. The normalized spacial score (nSPS) is 21.1. The fraction of sp³-hybridized carbons (Fsp3) is 0.714. The van der Waals surface area contributed by atoms with E-state index in [0.29, 0.717) is 12.2 Å². The molecule has 7 nitrogen and oxygen atoms in total. The zero-order chi connectivity index (χ0) is 15.6. The summed E-state index contributed by atoms with van der Waals surface area (Å²) >= 11 is 0. The molecule has 1 fully saturated rings. The highest BCUT2D eigenvalue weighted by molar-refractivity contribution is 5.61. The maximum Gasteiger partial charge on any atom is 0.332 e. The van der Waals surface area contributed by atoms with Crippen molar-refractivity contribution in [3.05, 3.63) is 20.8 Å². The monoisotopic (exact) mass is 296 g/mol. The van der Waals surface area contributed by atoms with Gasteiger partial charge in [0.2, 0.25) is 0 Å². The zero-order valence-electron chi connectivity index (χ0n) is 12.9. The van der Waals surface area contributed by atoms with E-state index in [1.165, 1.54) is 11.6 Å². The van der Waals surface area contributed by atoms with Crippen molar-refractivity contribution in [2.24, 2.45) is 7.05 Å². The fourth-order valence-corrected chi connectivity index (χ4v) is 2.53. The van der Waals surface area contributed by atoms with E-state index in [1.54, 1.807) is 7.11 Å². The Morgan fingerprint density at radius 3 is 2.62 bits per heavy atom. The van der Waals surface area contributed by atoms with Crippen LogP contribution in [0.4, 0.5) is 11.5 Å². The molecule has 1 heterocycles. The number of unbranched alkanes of at least 4 members (excludes halogenated alkanes) is 1. The Morgan fingerprint density at radius 1 is 1.38 bits per heavy atom. The van der Waals surface area contributed by atoms with Gasteiger partial charge in [-0.1, -0.05) is 13.3 Å². The standard InChI is InChI=1S/C14H24N4O3/c1-4-5-6-18-12(15)11(13(19)17(2)14(18)20)16-9-7-10(8-9)21-3/h9-10,16H,4-8,15H2,1-3H3. The summed E-state index contributed by atoms with van der Waals surface area (Å²) in [6.07, 6.45) is 3.71. The van der Waals surface area contributed by atoms with E-state index in [0.717, 1.165) is 30.3 Å². The Bertz CT molecular complexity index is 614. The minimum absolute atomic E-state index is 0.169. The van der Waals surface area contributed by atoms with Crippen LogP contribution in [-0.4, -0.2) is 28.4 Å². The molecule has 0 aromatic carbocycles. The van der Waals surface area contributed by atoms with Crippen LogP contribution in [0.15, 0.2) is 9.59 Å². The van der Waals surface area contributed by atoms with E-state index >= 15 is 0 Å². The van der Waals surface area contributed by atoms with Gasteiger partial charge in [0, 0.05) is 26.7 Å². The number of methoxy groups -OCH3 is 1. The van der Waals surface area contributed by atoms with Crippen molar-refractivity contribution in [2.45, 2.75) is 51.3 Å². The minimum Gasteiger partial charge on any atom is -0.383 e. The molecule has 0 spiro atoms. The van der Waals surface area contributed by atoms with Gasteiger partial charge in [-0.05, 0) is 19.3 Å². The Kier molecular flexibility index (Phi) is 4.72. The third kappa shape index (κ3) is 2.97. The highest BCUT2D eigenvalue weighted by Gasteiger charge is 2.30. The van der Waals surface area contributed by atoms with Crippen molar-refractivity contribution in [1.82, 2.24) is 9.13 Å². The summed E-state index contributed by atoms with van der Waals surface area (Å²) in [5.74, 6) is 0.234. The molecule has 1 saturated carbocycles. The first-order valence-electron chi connectivity index (χ1n) is 7.38. The molecule has 1 aromatic rings. The van der Waals surface area contributed by atoms with Crippen LogP contribution < -0.4 is 22.3 Å². The highest BCUT2D eigenvalue weighted by Crippen LogP contribution is 2.26. The number of anilines is 2. The lowest BCUT2D eigenvalue weighted by atomic mass is 9.89. The fourth-order valence-electron chi connectivity index (χ4n) is 2.53. The lowest BCUT2D eigenvalue weighted by Crippen LogP contribution is -2.45. The molecule has 0 bridgehead atoms. The topological polar surface area (TPSA) is 91.3 Å². The lowest BCUT2D eigenvalue weighted by molar-refractivity contribution is 0.0328. The summed E-state index contributed by atoms with van der Waals surface area (Å²) in [4.78, 5) is 24.4. The predicted molar refractivity (Wildman–Crippen MR) is 82.7 cm³/mol. The summed E-state index contributed by atoms with van der Waals surface area (Å²) in [5, 5.41) is 3.17. The summed E-state index contributed by atoms with van der Waals surface area (Å²) in [6, 6.07) is 0.169.